The van der Waals surface area contributed by atoms with Crippen LogP contribution >= 0.6 is 0 Å². The van der Waals surface area contributed by atoms with Crippen LogP contribution < -0.4 is 0 Å². The molecule has 0 radical (unpaired) electrons. The van der Waals surface area contributed by atoms with Crippen LogP contribution in [0.5, 0.6) is 0 Å². The number of hydrogen-bond acceptors (Lipinski definition) is 2. The van der Waals surface area contributed by atoms with Crippen molar-refractivity contribution in [2.45, 2.75) is 212 Å². The van der Waals surface area contributed by atoms with Gasteiger partial charge in [-0.15, -0.1) is 0 Å². The van der Waals surface area contributed by atoms with Crippen LogP contribution in [0.1, 0.15) is 207 Å². The third-order valence-electron chi connectivity index (χ3n) is 9.99. The van der Waals surface area contributed by atoms with Crippen molar-refractivity contribution in [3.63, 3.8) is 0 Å². The van der Waals surface area contributed by atoms with Gasteiger partial charge in [0.2, 0.25) is 0 Å². The van der Waals surface area contributed by atoms with Crippen LogP contribution in [0.4, 0.5) is 0 Å². The Morgan fingerprint density at radius 3 is 0.851 bits per heavy atom. The fraction of sp³-hybridized carbons (Fsp3) is 0.857. The van der Waals surface area contributed by atoms with E-state index in [1.165, 1.54) is 223 Å². The zero-order chi connectivity index (χ0) is 34.7. The van der Waals surface area contributed by atoms with Crippen LogP contribution in [-0.2, 0) is 10.1 Å². The van der Waals surface area contributed by atoms with Crippen molar-refractivity contribution in [1.82, 2.24) is 0 Å². The summed E-state index contributed by atoms with van der Waals surface area (Å²) in [6, 6.07) is 7.42. The molecule has 0 aliphatic rings. The Morgan fingerprint density at radius 1 is 0.404 bits per heavy atom. The summed E-state index contributed by atoms with van der Waals surface area (Å²) in [5, 5.41) is 0. The molecule has 47 heavy (non-hydrogen) atoms. The van der Waals surface area contributed by atoms with Crippen molar-refractivity contribution in [2.75, 3.05) is 26.2 Å². The molecule has 0 unspecified atom stereocenters. The van der Waals surface area contributed by atoms with E-state index in [-0.39, 0.29) is 4.90 Å². The highest BCUT2D eigenvalue weighted by Crippen LogP contribution is 2.21. The third-order valence-corrected chi connectivity index (χ3v) is 10.9. The first-order chi connectivity index (χ1) is 22.8. The molecule has 1 N–H and O–H groups in total. The van der Waals surface area contributed by atoms with Gasteiger partial charge in [0.1, 0.15) is 0 Å². The van der Waals surface area contributed by atoms with E-state index >= 15 is 0 Å². The Morgan fingerprint density at radius 2 is 0.638 bits per heavy atom. The van der Waals surface area contributed by atoms with Gasteiger partial charge in [-0.3, -0.25) is 4.55 Å². The second-order valence-corrected chi connectivity index (χ2v) is 15.9. The molecule has 4 nitrogen and oxygen atoms in total. The van der Waals surface area contributed by atoms with Gasteiger partial charge in [0.25, 0.3) is 10.1 Å². The molecule has 0 aliphatic carbocycles. The molecular weight excluding hydrogens is 599 g/mol. The Balaban J connectivity index is 0.00000178. The van der Waals surface area contributed by atoms with Crippen LogP contribution in [0.25, 0.3) is 0 Å². The minimum atomic E-state index is -4.00. The van der Waals surface area contributed by atoms with Gasteiger partial charge in [0.15, 0.2) is 0 Å². The average molecular weight is 681 g/mol. The molecule has 0 aliphatic heterocycles. The summed E-state index contributed by atoms with van der Waals surface area (Å²) in [5.74, 6) is 0. The Hall–Kier alpha value is -0.910. The van der Waals surface area contributed by atoms with E-state index in [1.807, 2.05) is 0 Å². The quantitative estimate of drug-likeness (QED) is 0.0457. The summed E-state index contributed by atoms with van der Waals surface area (Å²) < 4.78 is 30.7. The molecular formula is C42H82NO3S+. The second kappa shape index (κ2) is 33.6. The second-order valence-electron chi connectivity index (χ2n) is 14.5. The smallest absolute Gasteiger partial charge is 0.294 e. The van der Waals surface area contributed by atoms with Gasteiger partial charge < -0.3 is 4.48 Å². The highest BCUT2D eigenvalue weighted by Gasteiger charge is 2.25. The number of quaternary nitrogens is 1. The molecule has 0 atom stereocenters. The highest BCUT2D eigenvalue weighted by atomic mass is 32.2. The van der Waals surface area contributed by atoms with E-state index in [2.05, 4.69) is 27.7 Å². The molecule has 0 bridgehead atoms. The first-order valence-corrected chi connectivity index (χ1v) is 22.2. The van der Waals surface area contributed by atoms with Gasteiger partial charge >= 0.3 is 0 Å². The Labute approximate surface area is 295 Å². The molecule has 0 amide bonds. The Kier molecular flexibility index (Phi) is 32.9. The van der Waals surface area contributed by atoms with Crippen molar-refractivity contribution in [1.29, 1.82) is 0 Å². The number of nitrogens with zero attached hydrogens (tertiary/aromatic N) is 1. The monoisotopic (exact) mass is 681 g/mol. The predicted molar refractivity (Wildman–Crippen MR) is 208 cm³/mol. The SMILES string of the molecule is CCCCCCCCCCCC[N+](CCCCCCCC)(CCCCCCCC)CCCCCCCC.O=S(=O)(O)c1ccccc1. The first kappa shape index (κ1) is 46.1. The normalized spacial score (nSPS) is 11.9. The maximum absolute atomic E-state index is 10.4. The lowest BCUT2D eigenvalue weighted by Gasteiger charge is -2.40. The summed E-state index contributed by atoms with van der Waals surface area (Å²) in [7, 11) is -4.00. The van der Waals surface area contributed by atoms with E-state index in [0.717, 1.165) is 0 Å². The molecule has 0 aromatic heterocycles. The lowest BCUT2D eigenvalue weighted by molar-refractivity contribution is -0.929. The molecule has 0 fully saturated rings. The zero-order valence-electron chi connectivity index (χ0n) is 32.1. The largest absolute Gasteiger partial charge is 0.324 e. The predicted octanol–water partition coefficient (Wildman–Crippen LogP) is 13.7. The average Bonchev–Trinajstić information content (AvgIpc) is 3.07. The lowest BCUT2D eigenvalue weighted by atomic mass is 10.0. The summed E-state index contributed by atoms with van der Waals surface area (Å²) in [5.41, 5.74) is 0. The molecule has 0 saturated carbocycles. The van der Waals surface area contributed by atoms with E-state index in [0.29, 0.717) is 0 Å². The third kappa shape index (κ3) is 29.7. The van der Waals surface area contributed by atoms with Crippen LogP contribution in [0, 0.1) is 0 Å². The first-order valence-electron chi connectivity index (χ1n) is 20.7. The lowest BCUT2D eigenvalue weighted by Crippen LogP contribution is -2.50. The van der Waals surface area contributed by atoms with Crippen LogP contribution in [0.2, 0.25) is 0 Å². The number of hydrogen-bond donors (Lipinski definition) is 1. The minimum Gasteiger partial charge on any atom is -0.324 e. The molecule has 0 saturated heterocycles. The van der Waals surface area contributed by atoms with Gasteiger partial charge in [-0.1, -0.05) is 174 Å². The van der Waals surface area contributed by atoms with E-state index in [4.69, 9.17) is 4.55 Å². The van der Waals surface area contributed by atoms with Crippen molar-refractivity contribution < 1.29 is 17.5 Å². The zero-order valence-corrected chi connectivity index (χ0v) is 32.9. The highest BCUT2D eigenvalue weighted by molar-refractivity contribution is 7.85. The van der Waals surface area contributed by atoms with Crippen molar-refractivity contribution >= 4 is 10.1 Å². The molecule has 278 valence electrons. The van der Waals surface area contributed by atoms with E-state index in [1.54, 1.807) is 18.2 Å². The summed E-state index contributed by atoms with van der Waals surface area (Å²) in [6.45, 7) is 15.3. The summed E-state index contributed by atoms with van der Waals surface area (Å²) in [6.07, 6.45) is 40.7. The number of rotatable bonds is 33. The van der Waals surface area contributed by atoms with Crippen LogP contribution in [0.3, 0.4) is 0 Å². The fourth-order valence-corrected chi connectivity index (χ4v) is 7.38. The summed E-state index contributed by atoms with van der Waals surface area (Å²) in [4.78, 5) is -0.0741. The molecule has 0 heterocycles. The van der Waals surface area contributed by atoms with Gasteiger partial charge in [-0.05, 0) is 63.5 Å². The number of benzene rings is 1. The molecule has 0 spiro atoms. The maximum Gasteiger partial charge on any atom is 0.294 e. The fourth-order valence-electron chi connectivity index (χ4n) is 6.88. The molecule has 1 aromatic rings. The maximum atomic E-state index is 10.4. The minimum absolute atomic E-state index is 0.0741. The number of unbranched alkanes of at least 4 members (excludes halogenated alkanes) is 24. The molecule has 1 rings (SSSR count). The van der Waals surface area contributed by atoms with Crippen molar-refractivity contribution in [3.05, 3.63) is 30.3 Å². The standard InChI is InChI=1S/C36H76N.C6H6O3S/c1-5-9-13-17-21-22-23-24-28-32-36-37(33-29-25-18-14-10-6-2,34-30-26-19-15-11-7-3)35-31-27-20-16-12-8-4;7-10(8,9)6-4-2-1-3-5-6/h5-36H2,1-4H3;1-5H,(H,7,8,9)/q+1;. The van der Waals surface area contributed by atoms with Crippen molar-refractivity contribution in [3.8, 4) is 0 Å². The van der Waals surface area contributed by atoms with E-state index < -0.39 is 10.1 Å². The van der Waals surface area contributed by atoms with Crippen LogP contribution in [-0.4, -0.2) is 43.6 Å². The van der Waals surface area contributed by atoms with Gasteiger partial charge in [0.05, 0.1) is 31.1 Å². The van der Waals surface area contributed by atoms with Crippen molar-refractivity contribution in [2.24, 2.45) is 0 Å². The molecule has 1 aromatic carbocycles. The van der Waals surface area contributed by atoms with Gasteiger partial charge in [0, 0.05) is 0 Å². The van der Waals surface area contributed by atoms with Gasteiger partial charge in [-0.25, -0.2) is 0 Å². The van der Waals surface area contributed by atoms with E-state index in [9.17, 15) is 8.42 Å². The topological polar surface area (TPSA) is 54.4 Å². The Bertz CT molecular complexity index is 817. The molecule has 5 heteroatoms. The summed E-state index contributed by atoms with van der Waals surface area (Å²) >= 11 is 0. The van der Waals surface area contributed by atoms with Crippen LogP contribution in [0.15, 0.2) is 35.2 Å². The van der Waals surface area contributed by atoms with Gasteiger partial charge in [-0.2, -0.15) is 8.42 Å².